The third-order valence-electron chi connectivity index (χ3n) is 29.0. The van der Waals surface area contributed by atoms with Crippen LogP contribution in [0.1, 0.15) is 297 Å². The Morgan fingerprint density at radius 3 is 1.12 bits per heavy atom. The van der Waals surface area contributed by atoms with Gasteiger partial charge in [-0.1, -0.05) is 135 Å². The van der Waals surface area contributed by atoms with Gasteiger partial charge in [0.1, 0.15) is 46.0 Å². The smallest absolute Gasteiger partial charge is 0.303 e. The summed E-state index contributed by atoms with van der Waals surface area (Å²) in [6, 6.07) is 5.95. The van der Waals surface area contributed by atoms with Crippen molar-refractivity contribution in [3.05, 3.63) is 103 Å². The second-order valence-corrected chi connectivity index (χ2v) is 46.8. The van der Waals surface area contributed by atoms with Crippen molar-refractivity contribution in [3.8, 4) is 11.5 Å². The molecule has 5 rings (SSSR count). The molecule has 3 heterocycles. The number of quaternary nitrogens is 2. The van der Waals surface area contributed by atoms with Gasteiger partial charge in [-0.15, -0.1) is 46.2 Å². The molecule has 36 heteroatoms. The van der Waals surface area contributed by atoms with Crippen LogP contribution in [0.3, 0.4) is 0 Å². The van der Waals surface area contributed by atoms with Gasteiger partial charge in [0.25, 0.3) is 11.8 Å². The summed E-state index contributed by atoms with van der Waals surface area (Å²) in [6.07, 6.45) is 5.04. The van der Waals surface area contributed by atoms with E-state index in [0.29, 0.717) is 83.7 Å². The molecule has 0 aliphatic carbocycles. The number of carbonyl (C=O) groups is 16. The number of esters is 2. The van der Waals surface area contributed by atoms with Crippen molar-refractivity contribution < 1.29 is 105 Å². The number of hydrazine groups is 1. The van der Waals surface area contributed by atoms with Crippen molar-refractivity contribution in [1.29, 1.82) is 0 Å². The highest BCUT2D eigenvalue weighted by molar-refractivity contribution is 8.18. The number of phenols is 2. The topological polar surface area (TPSA) is 419 Å². The number of thioether (sulfide) groups is 2. The number of likely N-dealkylation sites (N-methyl/N-ethyl adjacent to an activating group) is 2. The second kappa shape index (κ2) is 56.2. The largest absolute Gasteiger partial charge is 0.506 e. The monoisotopic (exact) mass is 2070 g/mol. The van der Waals surface area contributed by atoms with Crippen LogP contribution in [0.15, 0.2) is 70.1 Å². The van der Waals surface area contributed by atoms with Crippen LogP contribution >= 0.6 is 46.2 Å². The molecule has 794 valence electrons. The Balaban J connectivity index is 1.22. The number of rotatable bonds is 58. The number of anilines is 2. The number of ether oxygens (including phenoxy) is 2. The Morgan fingerprint density at radius 1 is 0.483 bits per heavy atom. The SMILES string of the molecule is CCC(C)C[C@H](CC(=O)c1csc([C@@H](C[C@H](C(C)C)N(C)C(=O)[C@@H](CC(=O)C(C)(C)[N+](C)(C)C)[C@@H](C)CC)OC(C)=O)n1)Cc1ccc(O)c(NC(=O)[C@H](C)CC(=O)[C@H](C)NC(=O)CN2C(=O)/C=C/SCS/C=C/C(=O)N2CC(=O)N[C@@H](C)C(=O)C[C@@H](C)C(=O)Nc2cc(C[C@@H](CC(=O)c3csc([C@@H](C[C@H](C(C)C)N(C)C(=O)[C@@H](CC(=O)C(C)(C)[N+](C)(C)C)[C@@H](C)CC)OC(C)=O)n3)CC(C)CC)ccc2O)c1. The number of nitrogens with zero attached hydrogens (tertiary/aromatic N) is 8. The Labute approximate surface area is 864 Å². The maximum absolute atomic E-state index is 14.6. The van der Waals surface area contributed by atoms with E-state index in [0.717, 1.165) is 25.0 Å². The van der Waals surface area contributed by atoms with E-state index >= 15 is 0 Å². The van der Waals surface area contributed by atoms with Gasteiger partial charge in [-0.25, -0.2) is 20.0 Å². The van der Waals surface area contributed by atoms with Crippen LogP contribution in [0.5, 0.6) is 11.5 Å². The van der Waals surface area contributed by atoms with E-state index in [2.05, 4.69) is 35.1 Å². The van der Waals surface area contributed by atoms with E-state index in [1.54, 1.807) is 58.9 Å². The molecule has 6 N–H and O–H groups in total. The van der Waals surface area contributed by atoms with Crippen molar-refractivity contribution in [2.24, 2.45) is 71.0 Å². The zero-order chi connectivity index (χ0) is 108. The zero-order valence-corrected chi connectivity index (χ0v) is 93.5. The minimum absolute atomic E-state index is 0.0201. The summed E-state index contributed by atoms with van der Waals surface area (Å²) < 4.78 is 12.6. The van der Waals surface area contributed by atoms with E-state index in [4.69, 9.17) is 19.4 Å². The molecule has 32 nitrogen and oxygen atoms in total. The van der Waals surface area contributed by atoms with Crippen LogP contribution < -0.4 is 21.3 Å². The highest BCUT2D eigenvalue weighted by atomic mass is 32.2. The summed E-state index contributed by atoms with van der Waals surface area (Å²) in [5, 5.41) is 41.6. The van der Waals surface area contributed by atoms with Crippen molar-refractivity contribution >= 4 is 151 Å². The molecule has 2 aromatic carbocycles. The quantitative estimate of drug-likeness (QED) is 0.0103. The third-order valence-corrected chi connectivity index (χ3v) is 32.6. The number of carbonyl (C=O) groups excluding carboxylic acids is 16. The summed E-state index contributed by atoms with van der Waals surface area (Å²) in [7, 11) is 15.2. The van der Waals surface area contributed by atoms with E-state index in [1.807, 2.05) is 139 Å². The van der Waals surface area contributed by atoms with Crippen molar-refractivity contribution in [3.63, 3.8) is 0 Å². The molecule has 8 amide bonds. The first-order valence-electron chi connectivity index (χ1n) is 50.2. The lowest BCUT2D eigenvalue weighted by Crippen LogP contribution is -2.58. The van der Waals surface area contributed by atoms with E-state index in [9.17, 15) is 86.9 Å². The number of amides is 8. The molecule has 0 bridgehead atoms. The molecule has 1 aliphatic heterocycles. The molecule has 0 spiro atoms. The van der Waals surface area contributed by atoms with Gasteiger partial charge < -0.3 is 59.7 Å². The summed E-state index contributed by atoms with van der Waals surface area (Å²) in [4.78, 5) is 237. The fraction of sp³-hybridized carbons (Fsp3) is 0.645. The highest BCUT2D eigenvalue weighted by Crippen LogP contribution is 2.40. The van der Waals surface area contributed by atoms with Crippen molar-refractivity contribution in [2.45, 2.75) is 303 Å². The molecular formula is C107H164N12O20S4+2. The number of aromatic nitrogens is 2. The molecule has 0 saturated carbocycles. The molecule has 0 fully saturated rings. The number of nitrogens with one attached hydrogen (secondary N) is 4. The van der Waals surface area contributed by atoms with Gasteiger partial charge in [-0.2, -0.15) is 0 Å². The van der Waals surface area contributed by atoms with Crippen LogP contribution in [0, 0.1) is 71.0 Å². The molecule has 1 aliphatic rings. The fourth-order valence-corrected chi connectivity index (χ4v) is 20.0. The van der Waals surface area contributed by atoms with Gasteiger partial charge in [0.15, 0.2) is 58.0 Å². The lowest BCUT2D eigenvalue weighted by Gasteiger charge is -2.41. The summed E-state index contributed by atoms with van der Waals surface area (Å²) >= 11 is 4.77. The second-order valence-electron chi connectivity index (χ2n) is 42.9. The van der Waals surface area contributed by atoms with Crippen LogP contribution in [0.4, 0.5) is 11.4 Å². The molecule has 0 radical (unpaired) electrons. The van der Waals surface area contributed by atoms with Gasteiger partial charge in [0.2, 0.25) is 35.4 Å². The number of ketones is 6. The van der Waals surface area contributed by atoms with Gasteiger partial charge >= 0.3 is 11.9 Å². The minimum atomic E-state index is -1.28. The molecule has 2 unspecified atom stereocenters. The first-order valence-corrected chi connectivity index (χ1v) is 54.0. The Kier molecular flexibility index (Phi) is 48.5. The van der Waals surface area contributed by atoms with Gasteiger partial charge in [0, 0.05) is 143 Å². The van der Waals surface area contributed by atoms with Gasteiger partial charge in [0.05, 0.1) is 65.7 Å². The molecule has 143 heavy (non-hydrogen) atoms. The number of aromatic hydroxyl groups is 2. The minimum Gasteiger partial charge on any atom is -0.506 e. The van der Waals surface area contributed by atoms with E-state index in [1.165, 1.54) is 111 Å². The normalized spacial score (nSPS) is 16.8. The van der Waals surface area contributed by atoms with Crippen LogP contribution in [0.2, 0.25) is 0 Å². The standard InChI is InChI=1S/C107H162N12O20S4/c1-31-64(9)43-76(51-90(126)82-59-142-102(112-82)92(138-72(17)120)55-84(62(5)6)114(23)104(136)78(66(11)33-3)53-94(128)106(19,20)118(25,26)27)47-74-35-37-86(122)80(49-74)110-100(134)68(13)45-88(124)70(15)108-96(130)57-116-98(132)39-41-140-61-141-42-40-99(133)117(116)58-97(131)109-71(16)89(125)46-69(14)101(135)111-81-50-75(36-38-87(81)123)48-77(44-65(10)32-2)52-91(127)83-60-143-103(113-83)93(139-73(18)121)56-85(63(7)8)115(24)105(137)79(67(12)34-4)54-95(129)107(21,22)119(28,29)30/h35-42,49-50,59-60,62-71,76-79,84-85,92-93H,31-34,43-48,51-58,61H2,1-30H3,(H4-2,108,109,110,111,122,123,130,131,134,135)/p+2/b41-39+,42-40+/t64?,65?,66-,67-,68+,69+,70-,71-,76-,77-,78-,79-,84+,85+,92+,93+/m0/s1. The van der Waals surface area contributed by atoms with E-state index in [-0.39, 0.29) is 155 Å². The van der Waals surface area contributed by atoms with Crippen molar-refractivity contribution in [2.75, 3.05) is 85.2 Å². The third kappa shape index (κ3) is 36.9. The number of phenolic OH excluding ortho intramolecular Hbond substituents is 2. The summed E-state index contributed by atoms with van der Waals surface area (Å²) in [6.45, 7) is 38.2. The predicted molar refractivity (Wildman–Crippen MR) is 563 cm³/mol. The number of hydrogen-bond donors (Lipinski definition) is 6. The Bertz CT molecular complexity index is 4830. The maximum atomic E-state index is 14.6. The number of benzene rings is 2. The van der Waals surface area contributed by atoms with Gasteiger partial charge in [-0.05, 0) is 161 Å². The van der Waals surface area contributed by atoms with Crippen LogP contribution in [-0.2, 0) is 89.4 Å². The average molecular weight is 2070 g/mol. The zero-order valence-electron chi connectivity index (χ0n) is 90.2. The van der Waals surface area contributed by atoms with Gasteiger partial charge in [-0.3, -0.25) is 76.7 Å². The number of thiazole rings is 2. The van der Waals surface area contributed by atoms with Crippen LogP contribution in [-0.4, -0.2) is 253 Å². The molecule has 0 saturated heterocycles. The highest BCUT2D eigenvalue weighted by Gasteiger charge is 2.47. The Morgan fingerprint density at radius 2 is 0.818 bits per heavy atom. The molecule has 4 aromatic rings. The first-order chi connectivity index (χ1) is 66.5. The summed E-state index contributed by atoms with van der Waals surface area (Å²) in [5.74, 6) is -12.7. The van der Waals surface area contributed by atoms with Crippen LogP contribution in [0.25, 0.3) is 0 Å². The molecule has 2 aromatic heterocycles. The predicted octanol–water partition coefficient (Wildman–Crippen LogP) is 16.7. The fourth-order valence-electron chi connectivity index (χ4n) is 16.9. The average Bonchev–Trinajstić information content (AvgIpc) is 0.964. The number of Topliss-reactive ketones (excluding diaryl/α,β-unsaturated/α-hetero) is 6. The molecule has 16 atom stereocenters. The number of hydrogen-bond acceptors (Lipinski definition) is 26. The molecular weight excluding hydrogens is 1900 g/mol. The first kappa shape index (κ1) is 124. The summed E-state index contributed by atoms with van der Waals surface area (Å²) in [5.41, 5.74) is 0.263. The van der Waals surface area contributed by atoms with E-state index < -0.39 is 156 Å². The lowest BCUT2D eigenvalue weighted by molar-refractivity contribution is -0.908. The maximum Gasteiger partial charge on any atom is 0.303 e. The Hall–Kier alpha value is -9.88. The lowest BCUT2D eigenvalue weighted by atomic mass is 9.80. The van der Waals surface area contributed by atoms with Crippen molar-refractivity contribution in [1.82, 2.24) is 40.4 Å².